The molecule has 0 bridgehead atoms. The topological polar surface area (TPSA) is 108 Å². The lowest BCUT2D eigenvalue weighted by Gasteiger charge is -2.08. The van der Waals surface area contributed by atoms with E-state index in [4.69, 9.17) is 5.21 Å². The molecule has 1 unspecified atom stereocenters. The first kappa shape index (κ1) is 14.2. The van der Waals surface area contributed by atoms with Gasteiger partial charge in [-0.2, -0.15) is 4.98 Å². The van der Waals surface area contributed by atoms with Crippen molar-refractivity contribution in [3.8, 4) is 11.4 Å². The molecule has 2 aromatic heterocycles. The maximum atomic E-state index is 9.50. The zero-order valence-corrected chi connectivity index (χ0v) is 11.4. The minimum Gasteiger partial charge on any atom is -0.391 e. The van der Waals surface area contributed by atoms with Crippen molar-refractivity contribution in [2.24, 2.45) is 0 Å². The van der Waals surface area contributed by atoms with E-state index in [0.717, 1.165) is 17.9 Å². The van der Waals surface area contributed by atoms with E-state index in [1.807, 2.05) is 18.5 Å². The predicted octanol–water partition coefficient (Wildman–Crippen LogP) is 0.954. The van der Waals surface area contributed by atoms with Crippen LogP contribution in [0.4, 0.5) is 11.8 Å². The average Bonchev–Trinajstić information content (AvgIpc) is 2.82. The molecule has 1 atom stereocenters. The zero-order chi connectivity index (χ0) is 14.5. The summed E-state index contributed by atoms with van der Waals surface area (Å²) in [5.74, 6) is 1.36. The minimum absolute atomic E-state index is 0.0856. The van der Waals surface area contributed by atoms with Gasteiger partial charge >= 0.3 is 0 Å². The van der Waals surface area contributed by atoms with E-state index < -0.39 is 6.10 Å². The molecule has 0 radical (unpaired) electrons. The molecule has 0 aliphatic rings. The number of anilines is 2. The van der Waals surface area contributed by atoms with E-state index in [-0.39, 0.29) is 12.5 Å². The Kier molecular flexibility index (Phi) is 4.49. The molecule has 0 saturated heterocycles. The Morgan fingerprint density at radius 2 is 2.25 bits per heavy atom. The number of aliphatic hydroxyl groups is 1. The normalized spacial score (nSPS) is 12.2. The largest absolute Gasteiger partial charge is 0.391 e. The molecule has 0 spiro atoms. The molecule has 0 amide bonds. The van der Waals surface area contributed by atoms with E-state index in [9.17, 15) is 5.11 Å². The van der Waals surface area contributed by atoms with Crippen LogP contribution in [0.3, 0.4) is 0 Å². The van der Waals surface area contributed by atoms with Crippen LogP contribution >= 0.6 is 0 Å². The van der Waals surface area contributed by atoms with Crippen LogP contribution in [-0.4, -0.2) is 42.7 Å². The second-order valence-corrected chi connectivity index (χ2v) is 4.36. The first-order valence-electron chi connectivity index (χ1n) is 6.37. The van der Waals surface area contributed by atoms with Crippen LogP contribution in [0.25, 0.3) is 11.4 Å². The average molecular weight is 278 g/mol. The quantitative estimate of drug-likeness (QED) is 0.583. The van der Waals surface area contributed by atoms with Crippen LogP contribution in [0.1, 0.15) is 13.8 Å². The van der Waals surface area contributed by atoms with Gasteiger partial charge in [0.05, 0.1) is 12.6 Å². The predicted molar refractivity (Wildman–Crippen MR) is 74.5 cm³/mol. The number of hydrogen-bond donors (Lipinski definition) is 4. The molecular formula is C12H18N6O2. The Morgan fingerprint density at radius 3 is 2.90 bits per heavy atom. The summed E-state index contributed by atoms with van der Waals surface area (Å²) in [6.45, 7) is 4.69. The highest BCUT2D eigenvalue weighted by Crippen LogP contribution is 2.21. The molecular weight excluding hydrogens is 260 g/mol. The van der Waals surface area contributed by atoms with Crippen molar-refractivity contribution >= 4 is 11.8 Å². The maximum absolute atomic E-state index is 9.50. The SMILES string of the molecule is CCNc1cc(-c2nc(NO)nn2CC(C)O)ccn1. The minimum atomic E-state index is -0.572. The van der Waals surface area contributed by atoms with Crippen molar-refractivity contribution in [3.63, 3.8) is 0 Å². The van der Waals surface area contributed by atoms with Gasteiger partial charge in [0.2, 0.25) is 0 Å². The fourth-order valence-corrected chi connectivity index (χ4v) is 1.83. The van der Waals surface area contributed by atoms with Crippen molar-refractivity contribution in [1.82, 2.24) is 19.7 Å². The Morgan fingerprint density at radius 1 is 1.45 bits per heavy atom. The number of rotatable bonds is 6. The van der Waals surface area contributed by atoms with E-state index >= 15 is 0 Å². The van der Waals surface area contributed by atoms with E-state index in [0.29, 0.717) is 5.82 Å². The highest BCUT2D eigenvalue weighted by Gasteiger charge is 2.13. The molecule has 4 N–H and O–H groups in total. The number of aromatic nitrogens is 4. The summed E-state index contributed by atoms with van der Waals surface area (Å²) in [4.78, 5) is 8.37. The summed E-state index contributed by atoms with van der Waals surface area (Å²) in [7, 11) is 0. The van der Waals surface area contributed by atoms with Gasteiger partial charge < -0.3 is 10.4 Å². The maximum Gasteiger partial charge on any atom is 0.266 e. The fraction of sp³-hybridized carbons (Fsp3) is 0.417. The highest BCUT2D eigenvalue weighted by molar-refractivity contribution is 5.60. The number of nitrogens with zero attached hydrogens (tertiary/aromatic N) is 4. The molecule has 2 aromatic rings. The Balaban J connectivity index is 2.39. The third kappa shape index (κ3) is 3.22. The molecule has 0 fully saturated rings. The van der Waals surface area contributed by atoms with E-state index in [1.54, 1.807) is 19.2 Å². The van der Waals surface area contributed by atoms with Gasteiger partial charge in [0.1, 0.15) is 5.82 Å². The van der Waals surface area contributed by atoms with Gasteiger partial charge in [-0.05, 0) is 26.0 Å². The molecule has 2 heterocycles. The Labute approximate surface area is 116 Å². The van der Waals surface area contributed by atoms with Crippen molar-refractivity contribution in [3.05, 3.63) is 18.3 Å². The van der Waals surface area contributed by atoms with Gasteiger partial charge in [-0.3, -0.25) is 5.21 Å². The molecule has 0 aliphatic heterocycles. The number of pyridine rings is 1. The number of aliphatic hydroxyl groups excluding tert-OH is 1. The Hall–Kier alpha value is -2.19. The van der Waals surface area contributed by atoms with Crippen LogP contribution in [0.15, 0.2) is 18.3 Å². The summed E-state index contributed by atoms with van der Waals surface area (Å²) in [5, 5.41) is 25.6. The number of hydrogen-bond acceptors (Lipinski definition) is 7. The molecule has 2 rings (SSSR count). The fourth-order valence-electron chi connectivity index (χ4n) is 1.83. The summed E-state index contributed by atoms with van der Waals surface area (Å²) in [6.07, 6.45) is 1.10. The highest BCUT2D eigenvalue weighted by atomic mass is 16.5. The van der Waals surface area contributed by atoms with Crippen molar-refractivity contribution in [1.29, 1.82) is 0 Å². The lowest BCUT2D eigenvalue weighted by atomic mass is 10.2. The summed E-state index contributed by atoms with van der Waals surface area (Å²) in [6, 6.07) is 3.64. The summed E-state index contributed by atoms with van der Waals surface area (Å²) in [5.41, 5.74) is 2.71. The molecule has 20 heavy (non-hydrogen) atoms. The lowest BCUT2D eigenvalue weighted by Crippen LogP contribution is -2.14. The van der Waals surface area contributed by atoms with Gasteiger partial charge in [-0.25, -0.2) is 15.1 Å². The van der Waals surface area contributed by atoms with Crippen molar-refractivity contribution in [2.45, 2.75) is 26.5 Å². The number of nitrogens with one attached hydrogen (secondary N) is 2. The Bertz CT molecular complexity index is 569. The smallest absolute Gasteiger partial charge is 0.266 e. The summed E-state index contributed by atoms with van der Waals surface area (Å²) >= 11 is 0. The second-order valence-electron chi connectivity index (χ2n) is 4.36. The van der Waals surface area contributed by atoms with Gasteiger partial charge in [-0.15, -0.1) is 5.10 Å². The van der Waals surface area contributed by atoms with Crippen LogP contribution in [0.2, 0.25) is 0 Å². The van der Waals surface area contributed by atoms with Gasteiger partial charge in [-0.1, -0.05) is 0 Å². The molecule has 0 aliphatic carbocycles. The third-order valence-electron chi connectivity index (χ3n) is 2.58. The van der Waals surface area contributed by atoms with Crippen LogP contribution in [0, 0.1) is 0 Å². The third-order valence-corrected chi connectivity index (χ3v) is 2.58. The lowest BCUT2D eigenvalue weighted by molar-refractivity contribution is 0.169. The zero-order valence-electron chi connectivity index (χ0n) is 11.4. The molecule has 0 saturated carbocycles. The monoisotopic (exact) mass is 278 g/mol. The first-order valence-corrected chi connectivity index (χ1v) is 6.37. The van der Waals surface area contributed by atoms with Crippen LogP contribution in [0.5, 0.6) is 0 Å². The van der Waals surface area contributed by atoms with Gasteiger partial charge in [0, 0.05) is 18.3 Å². The first-order chi connectivity index (χ1) is 9.63. The van der Waals surface area contributed by atoms with Gasteiger partial charge in [0.15, 0.2) is 5.82 Å². The standard InChI is InChI=1S/C12H18N6O2/c1-3-13-10-6-9(4-5-14-10)11-15-12(17-20)16-18(11)7-8(2)19/h4-6,8,19-20H,3,7H2,1-2H3,(H,13,14)(H,16,17). The van der Waals surface area contributed by atoms with E-state index in [1.165, 1.54) is 4.68 Å². The van der Waals surface area contributed by atoms with Crippen LogP contribution in [-0.2, 0) is 6.54 Å². The van der Waals surface area contributed by atoms with E-state index in [2.05, 4.69) is 20.4 Å². The molecule has 0 aromatic carbocycles. The second kappa shape index (κ2) is 6.31. The van der Waals surface area contributed by atoms with Crippen molar-refractivity contribution in [2.75, 3.05) is 17.3 Å². The van der Waals surface area contributed by atoms with Crippen molar-refractivity contribution < 1.29 is 10.3 Å². The summed E-state index contributed by atoms with van der Waals surface area (Å²) < 4.78 is 1.54. The molecule has 108 valence electrons. The molecule has 8 heteroatoms. The molecule has 8 nitrogen and oxygen atoms in total. The van der Waals surface area contributed by atoms with Gasteiger partial charge in [0.25, 0.3) is 5.95 Å². The van der Waals surface area contributed by atoms with Crippen LogP contribution < -0.4 is 10.8 Å².